The maximum absolute atomic E-state index is 14.3. The van der Waals surface area contributed by atoms with Gasteiger partial charge in [-0.15, -0.1) is 0 Å². The second-order valence-electron chi connectivity index (χ2n) is 6.54. The van der Waals surface area contributed by atoms with Crippen molar-refractivity contribution in [2.45, 2.75) is 26.4 Å². The Balaban J connectivity index is 2.21. The number of benzene rings is 1. The molecule has 0 bridgehead atoms. The summed E-state index contributed by atoms with van der Waals surface area (Å²) in [6, 6.07) is 4.03. The number of nitrogens with two attached hydrogens (primary N) is 1. The van der Waals surface area contributed by atoms with Crippen molar-refractivity contribution in [3.8, 4) is 11.3 Å². The maximum Gasteiger partial charge on any atom is 0.421 e. The molecule has 3 N–H and O–H groups in total. The first-order valence-corrected chi connectivity index (χ1v) is 8.03. The van der Waals surface area contributed by atoms with Gasteiger partial charge in [-0.2, -0.15) is 0 Å². The molecule has 0 aliphatic carbocycles. The number of amides is 1. The minimum absolute atomic E-state index is 0.00686. The van der Waals surface area contributed by atoms with Gasteiger partial charge in [0.15, 0.2) is 0 Å². The van der Waals surface area contributed by atoms with E-state index in [-0.39, 0.29) is 23.9 Å². The van der Waals surface area contributed by atoms with Crippen molar-refractivity contribution in [3.05, 3.63) is 42.9 Å². The Morgan fingerprint density at radius 2 is 2.11 bits per heavy atom. The molecule has 0 aliphatic heterocycles. The molecule has 9 heteroatoms. The third-order valence-corrected chi connectivity index (χ3v) is 3.16. The van der Waals surface area contributed by atoms with E-state index in [9.17, 15) is 14.0 Å². The molecule has 144 valence electrons. The molecule has 0 fully saturated rings. The van der Waals surface area contributed by atoms with Crippen molar-refractivity contribution in [1.29, 1.82) is 0 Å². The van der Waals surface area contributed by atoms with Crippen molar-refractivity contribution in [2.24, 2.45) is 0 Å². The molecular weight excluding hydrogens is 355 g/mol. The summed E-state index contributed by atoms with van der Waals surface area (Å²) in [5.41, 5.74) is 5.63. The number of nitrogens with one attached hydrogen (secondary N) is 1. The van der Waals surface area contributed by atoms with E-state index in [2.05, 4.69) is 16.9 Å². The fourth-order valence-corrected chi connectivity index (χ4v) is 2.05. The van der Waals surface area contributed by atoms with Crippen LogP contribution in [0.25, 0.3) is 11.3 Å². The van der Waals surface area contributed by atoms with E-state index in [4.69, 9.17) is 15.2 Å². The minimum Gasteiger partial charge on any atom is -0.445 e. The van der Waals surface area contributed by atoms with Crippen LogP contribution in [-0.4, -0.2) is 33.9 Å². The van der Waals surface area contributed by atoms with E-state index in [1.165, 1.54) is 24.4 Å². The molecule has 0 spiro atoms. The van der Waals surface area contributed by atoms with Gasteiger partial charge >= 0.3 is 12.2 Å². The molecule has 0 saturated carbocycles. The molecule has 27 heavy (non-hydrogen) atoms. The molecule has 1 amide bonds. The highest BCUT2D eigenvalue weighted by atomic mass is 19.1. The van der Waals surface area contributed by atoms with Gasteiger partial charge < -0.3 is 15.2 Å². The summed E-state index contributed by atoms with van der Waals surface area (Å²) in [7, 11) is 0. The fraction of sp³-hybridized carbons (Fsp3) is 0.278. The summed E-state index contributed by atoms with van der Waals surface area (Å²) < 4.78 is 25.3. The predicted octanol–water partition coefficient (Wildman–Crippen LogP) is 3.79. The first-order valence-electron chi connectivity index (χ1n) is 8.03. The quantitative estimate of drug-likeness (QED) is 0.786. The lowest BCUT2D eigenvalue weighted by molar-refractivity contribution is 0.0540. The van der Waals surface area contributed by atoms with Gasteiger partial charge in [-0.3, -0.25) is 5.32 Å². The third-order valence-electron chi connectivity index (χ3n) is 3.16. The summed E-state index contributed by atoms with van der Waals surface area (Å²) in [6.07, 6.45) is 1.25. The SMILES string of the molecule is C=CCOC(=O)Nc1ccc(-c2cn(C(=O)OC(C)(C)C)c(N)n2)cc1F. The molecule has 2 rings (SSSR count). The Labute approximate surface area is 155 Å². The number of nitrogens with zero attached hydrogens (tertiary/aromatic N) is 2. The molecule has 0 saturated heterocycles. The molecule has 8 nitrogen and oxygen atoms in total. The van der Waals surface area contributed by atoms with E-state index in [1.807, 2.05) is 0 Å². The van der Waals surface area contributed by atoms with E-state index in [1.54, 1.807) is 20.8 Å². The van der Waals surface area contributed by atoms with Crippen LogP contribution in [0.15, 0.2) is 37.1 Å². The summed E-state index contributed by atoms with van der Waals surface area (Å²) in [5, 5.41) is 2.28. The van der Waals surface area contributed by atoms with Crippen LogP contribution >= 0.6 is 0 Å². The van der Waals surface area contributed by atoms with Crippen LogP contribution in [0, 0.1) is 5.82 Å². The van der Waals surface area contributed by atoms with E-state index in [0.29, 0.717) is 5.56 Å². The number of carbonyl (C=O) groups excluding carboxylic acids is 2. The van der Waals surface area contributed by atoms with Crippen LogP contribution in [0.1, 0.15) is 20.8 Å². The molecular formula is C18H21FN4O4. The molecule has 0 aliphatic rings. The van der Waals surface area contributed by atoms with Gasteiger partial charge in [-0.05, 0) is 32.9 Å². The van der Waals surface area contributed by atoms with Gasteiger partial charge in [0.05, 0.1) is 11.4 Å². The number of ether oxygens (including phenoxy) is 2. The second-order valence-corrected chi connectivity index (χ2v) is 6.54. The third kappa shape index (κ3) is 5.30. The Kier molecular flexibility index (Phi) is 5.84. The van der Waals surface area contributed by atoms with Crippen molar-refractivity contribution < 1.29 is 23.5 Å². The molecule has 0 radical (unpaired) electrons. The lowest BCUT2D eigenvalue weighted by atomic mass is 10.1. The molecule has 2 aromatic rings. The number of imidazole rings is 1. The van der Waals surface area contributed by atoms with Crippen molar-refractivity contribution in [2.75, 3.05) is 17.7 Å². The minimum atomic E-state index is -0.806. The van der Waals surface area contributed by atoms with Crippen LogP contribution in [0.3, 0.4) is 0 Å². The topological polar surface area (TPSA) is 108 Å². The van der Waals surface area contributed by atoms with Crippen LogP contribution in [0.2, 0.25) is 0 Å². The van der Waals surface area contributed by atoms with Crippen LogP contribution < -0.4 is 11.1 Å². The largest absolute Gasteiger partial charge is 0.445 e. The van der Waals surface area contributed by atoms with Crippen molar-refractivity contribution in [3.63, 3.8) is 0 Å². The summed E-state index contributed by atoms with van der Waals surface area (Å²) in [6.45, 7) is 8.59. The van der Waals surface area contributed by atoms with Gasteiger partial charge in [-0.25, -0.2) is 23.5 Å². The van der Waals surface area contributed by atoms with Gasteiger partial charge in [0.25, 0.3) is 0 Å². The number of halogens is 1. The number of nitrogen functional groups attached to an aromatic ring is 1. The Morgan fingerprint density at radius 1 is 1.41 bits per heavy atom. The second kappa shape index (κ2) is 7.90. The smallest absolute Gasteiger partial charge is 0.421 e. The van der Waals surface area contributed by atoms with Gasteiger partial charge in [0, 0.05) is 11.8 Å². The van der Waals surface area contributed by atoms with E-state index >= 15 is 0 Å². The molecule has 1 aromatic heterocycles. The Hall–Kier alpha value is -3.36. The zero-order chi connectivity index (χ0) is 20.2. The number of anilines is 2. The predicted molar refractivity (Wildman–Crippen MR) is 98.8 cm³/mol. The summed E-state index contributed by atoms with van der Waals surface area (Å²) in [4.78, 5) is 27.7. The number of rotatable bonds is 4. The molecule has 0 unspecified atom stereocenters. The molecule has 1 heterocycles. The lowest BCUT2D eigenvalue weighted by Gasteiger charge is -2.19. The number of hydrogen-bond acceptors (Lipinski definition) is 6. The van der Waals surface area contributed by atoms with Gasteiger partial charge in [0.1, 0.15) is 18.0 Å². The monoisotopic (exact) mass is 376 g/mol. The first-order chi connectivity index (χ1) is 12.6. The molecule has 1 aromatic carbocycles. The first kappa shape index (κ1) is 20.0. The van der Waals surface area contributed by atoms with E-state index < -0.39 is 23.6 Å². The summed E-state index contributed by atoms with van der Waals surface area (Å²) in [5.74, 6) is -0.789. The highest BCUT2D eigenvalue weighted by Crippen LogP contribution is 2.25. The van der Waals surface area contributed by atoms with Crippen LogP contribution in [-0.2, 0) is 9.47 Å². The zero-order valence-corrected chi connectivity index (χ0v) is 15.3. The highest BCUT2D eigenvalue weighted by molar-refractivity contribution is 5.85. The standard InChI is InChI=1S/C18H21FN4O4/c1-5-8-26-16(24)22-13-7-6-11(9-12(13)19)14-10-23(15(20)21-14)17(25)27-18(2,3)4/h5-7,9-10H,1,8H2,2-4H3,(H2,20,21)(H,22,24). The average Bonchev–Trinajstić information content (AvgIpc) is 2.95. The Bertz CT molecular complexity index is 871. The van der Waals surface area contributed by atoms with Gasteiger partial charge in [0.2, 0.25) is 5.95 Å². The van der Waals surface area contributed by atoms with Crippen LogP contribution in [0.4, 0.5) is 25.6 Å². The summed E-state index contributed by atoms with van der Waals surface area (Å²) >= 11 is 0. The zero-order valence-electron chi connectivity index (χ0n) is 15.3. The Morgan fingerprint density at radius 3 is 2.70 bits per heavy atom. The van der Waals surface area contributed by atoms with Gasteiger partial charge in [-0.1, -0.05) is 18.7 Å². The van der Waals surface area contributed by atoms with E-state index in [0.717, 1.165) is 10.6 Å². The average molecular weight is 376 g/mol. The number of aromatic nitrogens is 2. The lowest BCUT2D eigenvalue weighted by Crippen LogP contribution is -2.27. The normalized spacial score (nSPS) is 11.0. The molecule has 0 atom stereocenters. The highest BCUT2D eigenvalue weighted by Gasteiger charge is 2.21. The number of hydrogen-bond donors (Lipinski definition) is 2. The van der Waals surface area contributed by atoms with Crippen molar-refractivity contribution >= 4 is 23.8 Å². The fourth-order valence-electron chi connectivity index (χ4n) is 2.05. The van der Waals surface area contributed by atoms with Crippen LogP contribution in [0.5, 0.6) is 0 Å². The van der Waals surface area contributed by atoms with Crippen molar-refractivity contribution in [1.82, 2.24) is 9.55 Å². The maximum atomic E-state index is 14.3. The number of carbonyl (C=O) groups is 2.